The van der Waals surface area contributed by atoms with E-state index in [0.717, 1.165) is 5.69 Å². The van der Waals surface area contributed by atoms with Crippen LogP contribution < -0.4 is 15.4 Å². The lowest BCUT2D eigenvalue weighted by molar-refractivity contribution is 0.0874. The molecular weight excluding hydrogens is 566 g/mol. The molecule has 8 nitrogen and oxygen atoms in total. The van der Waals surface area contributed by atoms with Gasteiger partial charge in [0.05, 0.1) is 28.4 Å². The van der Waals surface area contributed by atoms with Gasteiger partial charge in [-0.1, -0.05) is 17.7 Å². The van der Waals surface area contributed by atoms with Crippen molar-refractivity contribution >= 4 is 29.3 Å². The minimum atomic E-state index is -0.932. The summed E-state index contributed by atoms with van der Waals surface area (Å²) < 4.78 is 34.2. The van der Waals surface area contributed by atoms with Crippen LogP contribution in [0.25, 0.3) is 0 Å². The molecule has 2 aliphatic heterocycles. The van der Waals surface area contributed by atoms with Crippen LogP contribution in [0.2, 0.25) is 5.02 Å². The van der Waals surface area contributed by atoms with Crippen molar-refractivity contribution in [2.24, 2.45) is 5.92 Å². The van der Waals surface area contributed by atoms with Crippen molar-refractivity contribution in [2.75, 3.05) is 26.7 Å². The number of ketones is 2. The van der Waals surface area contributed by atoms with Crippen LogP contribution >= 0.6 is 11.6 Å². The maximum absolute atomic E-state index is 15.4. The summed E-state index contributed by atoms with van der Waals surface area (Å²) >= 11 is 6.57. The summed E-state index contributed by atoms with van der Waals surface area (Å²) in [6, 6.07) is 11.4. The van der Waals surface area contributed by atoms with Gasteiger partial charge in [-0.15, -0.1) is 0 Å². The number of aromatic nitrogens is 1. The van der Waals surface area contributed by atoms with Crippen molar-refractivity contribution in [3.63, 3.8) is 0 Å². The molecular formula is C31H31ClF2N4O4. The largest absolute Gasteiger partial charge is 0.415 e. The molecule has 1 amide bonds. The average molecular weight is 597 g/mol. The molecule has 0 spiro atoms. The first-order chi connectivity index (χ1) is 20.2. The lowest BCUT2D eigenvalue weighted by Gasteiger charge is -2.32. The predicted molar refractivity (Wildman–Crippen MR) is 153 cm³/mol. The number of rotatable bonds is 7. The van der Waals surface area contributed by atoms with Gasteiger partial charge < -0.3 is 20.3 Å². The summed E-state index contributed by atoms with van der Waals surface area (Å²) in [6.07, 6.45) is 1.96. The van der Waals surface area contributed by atoms with Crippen LogP contribution in [0.15, 0.2) is 54.7 Å². The molecule has 42 heavy (non-hydrogen) atoms. The molecule has 0 saturated carbocycles. The number of hydrogen-bond acceptors (Lipinski definition) is 7. The number of carbonyl (C=O) groups is 3. The highest BCUT2D eigenvalue weighted by atomic mass is 35.5. The third-order valence-electron chi connectivity index (χ3n) is 8.07. The summed E-state index contributed by atoms with van der Waals surface area (Å²) in [5.41, 5.74) is 1.02. The minimum Gasteiger partial charge on any atom is -0.410 e. The number of hydrogen-bond donors (Lipinski definition) is 2. The molecule has 0 radical (unpaired) electrons. The fraction of sp³-hybridized carbons (Fsp3) is 0.355. The summed E-state index contributed by atoms with van der Waals surface area (Å²) in [5.74, 6) is -3.03. The molecule has 2 aromatic carbocycles. The number of ether oxygens (including phenoxy) is 1. The van der Waals surface area contributed by atoms with Crippen LogP contribution in [0.4, 0.5) is 13.6 Å². The second-order valence-corrected chi connectivity index (χ2v) is 11.1. The molecule has 2 aliphatic rings. The molecule has 3 aromatic rings. The van der Waals surface area contributed by atoms with Gasteiger partial charge in [-0.2, -0.15) is 0 Å². The lowest BCUT2D eigenvalue weighted by Crippen LogP contribution is -2.43. The third kappa shape index (κ3) is 6.06. The van der Waals surface area contributed by atoms with Crippen molar-refractivity contribution in [3.05, 3.63) is 93.8 Å². The van der Waals surface area contributed by atoms with Crippen LogP contribution in [-0.2, 0) is 0 Å². The van der Waals surface area contributed by atoms with Crippen molar-refractivity contribution in [1.82, 2.24) is 20.5 Å². The second-order valence-electron chi connectivity index (χ2n) is 10.7. The molecule has 2 unspecified atom stereocenters. The van der Waals surface area contributed by atoms with E-state index < -0.39 is 46.4 Å². The number of likely N-dealkylation sites (N-methyl/N-ethyl adjacent to an activating group) is 1. The van der Waals surface area contributed by atoms with Gasteiger partial charge in [0.25, 0.3) is 0 Å². The zero-order chi connectivity index (χ0) is 30.0. The fourth-order valence-electron chi connectivity index (χ4n) is 5.81. The van der Waals surface area contributed by atoms with Gasteiger partial charge in [0.15, 0.2) is 17.4 Å². The Labute approximate surface area is 247 Å². The molecule has 2 saturated heterocycles. The Bertz CT molecular complexity index is 1490. The second kappa shape index (κ2) is 12.6. The minimum absolute atomic E-state index is 0.0323. The summed E-state index contributed by atoms with van der Waals surface area (Å²) in [4.78, 5) is 45.4. The Hall–Kier alpha value is -3.73. The summed E-state index contributed by atoms with van der Waals surface area (Å²) in [6.45, 7) is 2.50. The summed E-state index contributed by atoms with van der Waals surface area (Å²) in [7, 11) is 1.55. The van der Waals surface area contributed by atoms with Crippen LogP contribution in [-0.4, -0.2) is 60.3 Å². The monoisotopic (exact) mass is 596 g/mol. The molecule has 5 rings (SSSR count). The Kier molecular flexibility index (Phi) is 8.96. The smallest absolute Gasteiger partial charge is 0.410 e. The number of carbonyl (C=O) groups excluding carboxylic acids is 3. The van der Waals surface area contributed by atoms with Crippen LogP contribution in [0, 0.1) is 17.6 Å². The maximum Gasteiger partial charge on any atom is 0.415 e. The highest BCUT2D eigenvalue weighted by molar-refractivity contribution is 6.35. The molecule has 2 N–H and O–H groups in total. The molecule has 220 valence electrons. The molecule has 11 heteroatoms. The van der Waals surface area contributed by atoms with Gasteiger partial charge in [0.2, 0.25) is 0 Å². The quantitative estimate of drug-likeness (QED) is 0.356. The Morgan fingerprint density at radius 1 is 1.10 bits per heavy atom. The SMILES string of the molecule is CC(=O)c1cc([C@@H]2CNC[C@H]2N(C)C(=O)Oc2ccc(F)cc2)c(C(=O)C2CCNC(c3ccccn3)C2)c(Cl)c1F. The zero-order valence-electron chi connectivity index (χ0n) is 23.2. The van der Waals surface area contributed by atoms with E-state index in [1.165, 1.54) is 42.2 Å². The first-order valence-corrected chi connectivity index (χ1v) is 14.2. The van der Waals surface area contributed by atoms with E-state index in [1.54, 1.807) is 13.2 Å². The molecule has 0 aliphatic carbocycles. The molecule has 0 bridgehead atoms. The van der Waals surface area contributed by atoms with Gasteiger partial charge in [0.1, 0.15) is 11.6 Å². The van der Waals surface area contributed by atoms with E-state index in [-0.39, 0.29) is 28.7 Å². The normalized spacial score (nSPS) is 22.0. The topological polar surface area (TPSA) is 101 Å². The van der Waals surface area contributed by atoms with Gasteiger partial charge in [-0.3, -0.25) is 14.6 Å². The first kappa shape index (κ1) is 29.8. The van der Waals surface area contributed by atoms with Crippen LogP contribution in [0.3, 0.4) is 0 Å². The van der Waals surface area contributed by atoms with E-state index in [2.05, 4.69) is 15.6 Å². The van der Waals surface area contributed by atoms with Crippen LogP contribution in [0.5, 0.6) is 5.75 Å². The van der Waals surface area contributed by atoms with Crippen molar-refractivity contribution in [1.29, 1.82) is 0 Å². The Balaban J connectivity index is 1.48. The maximum atomic E-state index is 15.4. The average Bonchev–Trinajstić information content (AvgIpc) is 3.49. The van der Waals surface area contributed by atoms with E-state index in [4.69, 9.17) is 16.3 Å². The van der Waals surface area contributed by atoms with Crippen LogP contribution in [0.1, 0.15) is 63.7 Å². The number of nitrogens with zero attached hydrogens (tertiary/aromatic N) is 2. The number of amides is 1. The van der Waals surface area contributed by atoms with E-state index in [1.807, 2.05) is 18.2 Å². The molecule has 1 aromatic heterocycles. The molecule has 4 atom stereocenters. The number of nitrogens with one attached hydrogen (secondary N) is 2. The lowest BCUT2D eigenvalue weighted by atomic mass is 9.80. The van der Waals surface area contributed by atoms with E-state index in [9.17, 15) is 18.8 Å². The van der Waals surface area contributed by atoms with E-state index in [0.29, 0.717) is 38.0 Å². The molecule has 3 heterocycles. The number of Topliss-reactive ketones (excluding diaryl/α,β-unsaturated/α-hetero) is 2. The number of benzene rings is 2. The summed E-state index contributed by atoms with van der Waals surface area (Å²) in [5, 5.41) is 6.24. The predicted octanol–water partition coefficient (Wildman–Crippen LogP) is 5.33. The van der Waals surface area contributed by atoms with Crippen molar-refractivity contribution in [3.8, 4) is 5.75 Å². The number of halogens is 3. The van der Waals surface area contributed by atoms with Crippen molar-refractivity contribution in [2.45, 2.75) is 37.8 Å². The Morgan fingerprint density at radius 3 is 2.55 bits per heavy atom. The molecule has 2 fully saturated rings. The first-order valence-electron chi connectivity index (χ1n) is 13.8. The fourth-order valence-corrected chi connectivity index (χ4v) is 6.12. The van der Waals surface area contributed by atoms with Gasteiger partial charge in [0, 0.05) is 43.7 Å². The van der Waals surface area contributed by atoms with E-state index >= 15 is 4.39 Å². The Morgan fingerprint density at radius 2 is 1.86 bits per heavy atom. The number of piperidine rings is 1. The highest BCUT2D eigenvalue weighted by Gasteiger charge is 2.40. The number of pyridine rings is 1. The van der Waals surface area contributed by atoms with Gasteiger partial charge >= 0.3 is 6.09 Å². The van der Waals surface area contributed by atoms with Gasteiger partial charge in [-0.25, -0.2) is 13.6 Å². The zero-order valence-corrected chi connectivity index (χ0v) is 24.0. The standard InChI is InChI=1S/C31H31ClF2N4O4/c1-17(39)21-14-22(23-15-35-16-26(23)38(2)31(41)42-20-8-6-19(33)7-9-20)27(28(32)29(21)34)30(40)18-10-12-37-25(13-18)24-5-3-4-11-36-24/h3-9,11,14,18,23,25-26,35,37H,10,12-13,15-16H2,1-2H3/t18?,23-,25?,26+/m0/s1. The highest BCUT2D eigenvalue weighted by Crippen LogP contribution is 2.39. The van der Waals surface area contributed by atoms with Crippen molar-refractivity contribution < 1.29 is 27.9 Å². The third-order valence-corrected chi connectivity index (χ3v) is 8.42. The van der Waals surface area contributed by atoms with Gasteiger partial charge in [-0.05, 0) is 74.3 Å².